The highest BCUT2D eigenvalue weighted by Crippen LogP contribution is 2.10. The molecule has 0 aliphatic rings. The minimum atomic E-state index is 0.0677. The smallest absolute Gasteiger partial charge is 0.221 e. The van der Waals surface area contributed by atoms with Crippen LogP contribution in [0.5, 0.6) is 0 Å². The van der Waals surface area contributed by atoms with Crippen LogP contribution in [0.1, 0.15) is 29.7 Å². The first-order valence-corrected chi connectivity index (χ1v) is 8.10. The van der Waals surface area contributed by atoms with Gasteiger partial charge in [-0.1, -0.05) is 6.92 Å². The second-order valence-corrected chi connectivity index (χ2v) is 5.96. The Hall–Kier alpha value is -1.63. The molecule has 0 spiro atoms. The van der Waals surface area contributed by atoms with Crippen molar-refractivity contribution in [3.05, 3.63) is 16.1 Å². The minimum absolute atomic E-state index is 0.0677. The van der Waals surface area contributed by atoms with Crippen molar-refractivity contribution in [3.8, 4) is 0 Å². The van der Waals surface area contributed by atoms with Gasteiger partial charge in [0.25, 0.3) is 0 Å². The Labute approximate surface area is 130 Å². The molecule has 1 aromatic rings. The molecule has 0 aromatic carbocycles. The van der Waals surface area contributed by atoms with E-state index in [4.69, 9.17) is 0 Å². The second kappa shape index (κ2) is 10.1. The largest absolute Gasteiger partial charge is 0.356 e. The summed E-state index contributed by atoms with van der Waals surface area (Å²) in [5.74, 6) is 0.782. The molecule has 0 saturated heterocycles. The van der Waals surface area contributed by atoms with E-state index in [-0.39, 0.29) is 5.91 Å². The SMILES string of the molecule is CCCNC(=O)CCNC(=NC)NCCc1ncc(C)s1. The van der Waals surface area contributed by atoms with Gasteiger partial charge in [-0.05, 0) is 13.3 Å². The van der Waals surface area contributed by atoms with E-state index in [0.29, 0.717) is 18.9 Å². The van der Waals surface area contributed by atoms with Gasteiger partial charge in [0.2, 0.25) is 5.91 Å². The van der Waals surface area contributed by atoms with E-state index in [1.165, 1.54) is 4.88 Å². The number of hydrogen-bond acceptors (Lipinski definition) is 4. The molecule has 7 heteroatoms. The molecule has 21 heavy (non-hydrogen) atoms. The predicted octanol–water partition coefficient (Wildman–Crippen LogP) is 1.08. The molecule has 0 atom stereocenters. The number of hydrogen-bond donors (Lipinski definition) is 3. The monoisotopic (exact) mass is 311 g/mol. The molecule has 0 saturated carbocycles. The number of nitrogens with zero attached hydrogens (tertiary/aromatic N) is 2. The zero-order valence-electron chi connectivity index (χ0n) is 13.0. The van der Waals surface area contributed by atoms with Gasteiger partial charge in [-0.3, -0.25) is 9.79 Å². The number of nitrogens with one attached hydrogen (secondary N) is 3. The first kappa shape index (κ1) is 17.4. The summed E-state index contributed by atoms with van der Waals surface area (Å²) in [5.41, 5.74) is 0. The summed E-state index contributed by atoms with van der Waals surface area (Å²) in [5, 5.41) is 10.3. The Morgan fingerprint density at radius 1 is 1.29 bits per heavy atom. The quantitative estimate of drug-likeness (QED) is 0.496. The van der Waals surface area contributed by atoms with Crippen LogP contribution >= 0.6 is 11.3 Å². The van der Waals surface area contributed by atoms with Crippen molar-refractivity contribution in [3.63, 3.8) is 0 Å². The molecular formula is C14H25N5OS. The molecule has 6 nitrogen and oxygen atoms in total. The lowest BCUT2D eigenvalue weighted by Gasteiger charge is -2.11. The van der Waals surface area contributed by atoms with Crippen LogP contribution in [0.2, 0.25) is 0 Å². The van der Waals surface area contributed by atoms with Crippen LogP contribution in [0.3, 0.4) is 0 Å². The maximum absolute atomic E-state index is 11.5. The number of amides is 1. The number of guanidine groups is 1. The van der Waals surface area contributed by atoms with E-state index in [0.717, 1.165) is 30.9 Å². The number of aromatic nitrogens is 1. The van der Waals surface area contributed by atoms with E-state index < -0.39 is 0 Å². The van der Waals surface area contributed by atoms with Gasteiger partial charge >= 0.3 is 0 Å². The Balaban J connectivity index is 2.16. The molecule has 0 fully saturated rings. The molecule has 0 unspecified atom stereocenters. The third kappa shape index (κ3) is 7.65. The van der Waals surface area contributed by atoms with Gasteiger partial charge in [0, 0.05) is 50.6 Å². The van der Waals surface area contributed by atoms with Gasteiger partial charge in [0.05, 0.1) is 5.01 Å². The normalized spacial score (nSPS) is 11.3. The lowest BCUT2D eigenvalue weighted by atomic mass is 10.4. The molecule has 3 N–H and O–H groups in total. The van der Waals surface area contributed by atoms with Crippen molar-refractivity contribution >= 4 is 23.2 Å². The Morgan fingerprint density at radius 2 is 2.05 bits per heavy atom. The van der Waals surface area contributed by atoms with Gasteiger partial charge in [0.15, 0.2) is 5.96 Å². The highest BCUT2D eigenvalue weighted by Gasteiger charge is 2.03. The summed E-state index contributed by atoms with van der Waals surface area (Å²) < 4.78 is 0. The second-order valence-electron chi connectivity index (χ2n) is 4.64. The van der Waals surface area contributed by atoms with Gasteiger partial charge in [-0.2, -0.15) is 0 Å². The molecule has 0 aliphatic carbocycles. The fourth-order valence-corrected chi connectivity index (χ4v) is 2.46. The lowest BCUT2D eigenvalue weighted by Crippen LogP contribution is -2.40. The summed E-state index contributed by atoms with van der Waals surface area (Å²) in [4.78, 5) is 21.1. The van der Waals surface area contributed by atoms with Crippen LogP contribution < -0.4 is 16.0 Å². The van der Waals surface area contributed by atoms with E-state index >= 15 is 0 Å². The number of rotatable bonds is 8. The topological polar surface area (TPSA) is 78.4 Å². The summed E-state index contributed by atoms with van der Waals surface area (Å²) in [6, 6.07) is 0. The molecule has 1 amide bonds. The standard InChI is InChI=1S/C14H25N5OS/c1-4-7-16-12(20)5-8-17-14(15-3)18-9-6-13-19-10-11(2)21-13/h10H,4-9H2,1-3H3,(H,16,20)(H2,15,17,18). The molecule has 0 aliphatic heterocycles. The highest BCUT2D eigenvalue weighted by atomic mass is 32.1. The van der Waals surface area contributed by atoms with Crippen molar-refractivity contribution in [2.75, 3.05) is 26.7 Å². The van der Waals surface area contributed by atoms with Crippen LogP contribution in [0.4, 0.5) is 0 Å². The zero-order chi connectivity index (χ0) is 15.5. The number of carbonyl (C=O) groups is 1. The minimum Gasteiger partial charge on any atom is -0.356 e. The Bertz CT molecular complexity index is 458. The Morgan fingerprint density at radius 3 is 2.67 bits per heavy atom. The first-order valence-electron chi connectivity index (χ1n) is 7.28. The third-order valence-corrected chi connectivity index (χ3v) is 3.71. The van der Waals surface area contributed by atoms with Crippen LogP contribution in [0.15, 0.2) is 11.2 Å². The average molecular weight is 311 g/mol. The predicted molar refractivity (Wildman–Crippen MR) is 87.8 cm³/mol. The van der Waals surface area contributed by atoms with Gasteiger partial charge in [-0.15, -0.1) is 11.3 Å². The maximum Gasteiger partial charge on any atom is 0.221 e. The average Bonchev–Trinajstić information content (AvgIpc) is 2.89. The van der Waals surface area contributed by atoms with Crippen molar-refractivity contribution in [2.45, 2.75) is 33.1 Å². The third-order valence-electron chi connectivity index (χ3n) is 2.74. The lowest BCUT2D eigenvalue weighted by molar-refractivity contribution is -0.120. The summed E-state index contributed by atoms with van der Waals surface area (Å²) in [6.07, 6.45) is 4.17. The Kier molecular flexibility index (Phi) is 8.42. The summed E-state index contributed by atoms with van der Waals surface area (Å²) in [6.45, 7) is 6.17. The number of aliphatic imine (C=N–C) groups is 1. The van der Waals surface area contributed by atoms with Crippen LogP contribution in [-0.2, 0) is 11.2 Å². The molecule has 1 rings (SSSR count). The van der Waals surface area contributed by atoms with Gasteiger partial charge < -0.3 is 16.0 Å². The molecule has 0 bridgehead atoms. The number of thiazole rings is 1. The number of carbonyl (C=O) groups excluding carboxylic acids is 1. The first-order chi connectivity index (χ1) is 10.2. The van der Waals surface area contributed by atoms with Crippen molar-refractivity contribution in [1.29, 1.82) is 0 Å². The molecule has 1 heterocycles. The zero-order valence-corrected chi connectivity index (χ0v) is 13.8. The van der Waals surface area contributed by atoms with E-state index in [1.807, 2.05) is 13.1 Å². The molecule has 118 valence electrons. The van der Waals surface area contributed by atoms with Crippen molar-refractivity contribution in [2.24, 2.45) is 4.99 Å². The van der Waals surface area contributed by atoms with Crippen molar-refractivity contribution < 1.29 is 4.79 Å². The van der Waals surface area contributed by atoms with Crippen LogP contribution in [0.25, 0.3) is 0 Å². The summed E-state index contributed by atoms with van der Waals surface area (Å²) in [7, 11) is 1.72. The van der Waals surface area contributed by atoms with E-state index in [1.54, 1.807) is 18.4 Å². The number of aryl methyl sites for hydroxylation is 1. The highest BCUT2D eigenvalue weighted by molar-refractivity contribution is 7.11. The van der Waals surface area contributed by atoms with Crippen LogP contribution in [-0.4, -0.2) is 43.5 Å². The van der Waals surface area contributed by atoms with Gasteiger partial charge in [-0.25, -0.2) is 4.98 Å². The van der Waals surface area contributed by atoms with E-state index in [9.17, 15) is 4.79 Å². The molecule has 0 radical (unpaired) electrons. The molecule has 1 aromatic heterocycles. The van der Waals surface area contributed by atoms with Crippen molar-refractivity contribution in [1.82, 2.24) is 20.9 Å². The fourth-order valence-electron chi connectivity index (χ4n) is 1.67. The maximum atomic E-state index is 11.5. The fraction of sp³-hybridized carbons (Fsp3) is 0.643. The van der Waals surface area contributed by atoms with Crippen LogP contribution in [0, 0.1) is 6.92 Å². The molecular weight excluding hydrogens is 286 g/mol. The van der Waals surface area contributed by atoms with E-state index in [2.05, 4.69) is 32.9 Å². The summed E-state index contributed by atoms with van der Waals surface area (Å²) >= 11 is 1.71. The van der Waals surface area contributed by atoms with Gasteiger partial charge in [0.1, 0.15) is 0 Å².